The van der Waals surface area contributed by atoms with E-state index in [9.17, 15) is 0 Å². The summed E-state index contributed by atoms with van der Waals surface area (Å²) >= 11 is 6.06. The lowest BCUT2D eigenvalue weighted by molar-refractivity contribution is 0.875. The van der Waals surface area contributed by atoms with Gasteiger partial charge >= 0.3 is 0 Å². The fraction of sp³-hybridized carbons (Fsp3) is 0.273. The third-order valence-electron chi connectivity index (χ3n) is 2.00. The minimum absolute atomic E-state index is 0.260. The minimum Gasteiger partial charge on any atom is -0.352 e. The number of nitrogens with zero attached hydrogens (tertiary/aromatic N) is 4. The van der Waals surface area contributed by atoms with Crippen LogP contribution >= 0.6 is 11.6 Å². The van der Waals surface area contributed by atoms with Crippen LogP contribution in [0.1, 0.15) is 13.8 Å². The monoisotopic (exact) mass is 249 g/mol. The molecule has 17 heavy (non-hydrogen) atoms. The molecule has 5 nitrogen and oxygen atoms in total. The maximum Gasteiger partial charge on any atom is 0.223 e. The van der Waals surface area contributed by atoms with Crippen molar-refractivity contribution >= 4 is 17.5 Å². The van der Waals surface area contributed by atoms with Crippen LogP contribution in [0.25, 0.3) is 11.3 Å². The van der Waals surface area contributed by atoms with Crippen molar-refractivity contribution in [3.63, 3.8) is 0 Å². The fourth-order valence-corrected chi connectivity index (χ4v) is 1.52. The summed E-state index contributed by atoms with van der Waals surface area (Å²) < 4.78 is 0. The summed E-state index contributed by atoms with van der Waals surface area (Å²) in [5.74, 6) is 0.545. The second-order valence-electron chi connectivity index (χ2n) is 3.82. The Labute approximate surface area is 104 Å². The third-order valence-corrected chi connectivity index (χ3v) is 2.27. The summed E-state index contributed by atoms with van der Waals surface area (Å²) in [6, 6.07) is 0.260. The first-order valence-corrected chi connectivity index (χ1v) is 5.59. The van der Waals surface area contributed by atoms with Gasteiger partial charge < -0.3 is 5.32 Å². The van der Waals surface area contributed by atoms with Gasteiger partial charge in [-0.3, -0.25) is 0 Å². The highest BCUT2D eigenvalue weighted by molar-refractivity contribution is 6.32. The number of rotatable bonds is 3. The van der Waals surface area contributed by atoms with Crippen LogP contribution in [0.4, 0.5) is 5.95 Å². The van der Waals surface area contributed by atoms with Crippen molar-refractivity contribution in [1.29, 1.82) is 0 Å². The molecule has 0 aliphatic carbocycles. The summed E-state index contributed by atoms with van der Waals surface area (Å²) in [6.07, 6.45) is 6.37. The van der Waals surface area contributed by atoms with Gasteiger partial charge in [0.25, 0.3) is 0 Å². The van der Waals surface area contributed by atoms with E-state index >= 15 is 0 Å². The van der Waals surface area contributed by atoms with Crippen molar-refractivity contribution in [2.24, 2.45) is 0 Å². The van der Waals surface area contributed by atoms with E-state index in [2.05, 4.69) is 25.3 Å². The zero-order chi connectivity index (χ0) is 12.3. The summed E-state index contributed by atoms with van der Waals surface area (Å²) in [4.78, 5) is 16.3. The molecule has 0 fully saturated rings. The average Bonchev–Trinajstić information content (AvgIpc) is 2.32. The molecule has 6 heteroatoms. The van der Waals surface area contributed by atoms with Crippen molar-refractivity contribution in [2.75, 3.05) is 5.32 Å². The Hall–Kier alpha value is -1.75. The van der Waals surface area contributed by atoms with Gasteiger partial charge in [0.1, 0.15) is 6.33 Å². The first-order valence-electron chi connectivity index (χ1n) is 5.21. The molecule has 0 amide bonds. The maximum absolute atomic E-state index is 6.06. The van der Waals surface area contributed by atoms with Gasteiger partial charge in [-0.05, 0) is 13.8 Å². The number of hydrogen-bond donors (Lipinski definition) is 1. The van der Waals surface area contributed by atoms with Crippen LogP contribution in [-0.2, 0) is 0 Å². The molecule has 2 aromatic rings. The molecule has 0 aliphatic rings. The van der Waals surface area contributed by atoms with Crippen LogP contribution in [0.15, 0.2) is 24.9 Å². The van der Waals surface area contributed by atoms with Crippen molar-refractivity contribution in [3.8, 4) is 11.3 Å². The number of hydrogen-bond acceptors (Lipinski definition) is 5. The van der Waals surface area contributed by atoms with Crippen molar-refractivity contribution in [2.45, 2.75) is 19.9 Å². The standard InChI is InChI=1S/C11H12ClN5/c1-7(2)16-11-15-5-9(12)10(17-11)8-3-13-6-14-4-8/h3-7H,1-2H3,(H,15,16,17). The largest absolute Gasteiger partial charge is 0.352 e. The third kappa shape index (κ3) is 2.88. The molecule has 2 aromatic heterocycles. The second kappa shape index (κ2) is 5.05. The van der Waals surface area contributed by atoms with Gasteiger partial charge in [-0.25, -0.2) is 19.9 Å². The van der Waals surface area contributed by atoms with E-state index in [0.717, 1.165) is 5.56 Å². The van der Waals surface area contributed by atoms with E-state index in [-0.39, 0.29) is 6.04 Å². The summed E-state index contributed by atoms with van der Waals surface area (Å²) in [5, 5.41) is 3.60. The van der Waals surface area contributed by atoms with Gasteiger partial charge in [-0.1, -0.05) is 11.6 Å². The van der Waals surface area contributed by atoms with E-state index in [4.69, 9.17) is 11.6 Å². The van der Waals surface area contributed by atoms with Gasteiger partial charge in [0.05, 0.1) is 16.9 Å². The first kappa shape index (κ1) is 11.7. The number of aromatic nitrogens is 4. The Balaban J connectivity index is 2.40. The van der Waals surface area contributed by atoms with Crippen LogP contribution in [0.3, 0.4) is 0 Å². The maximum atomic E-state index is 6.06. The molecule has 88 valence electrons. The van der Waals surface area contributed by atoms with E-state index < -0.39 is 0 Å². The lowest BCUT2D eigenvalue weighted by Gasteiger charge is -2.09. The first-order chi connectivity index (χ1) is 8.16. The zero-order valence-electron chi connectivity index (χ0n) is 9.55. The SMILES string of the molecule is CC(C)Nc1ncc(Cl)c(-c2cncnc2)n1. The van der Waals surface area contributed by atoms with Gasteiger partial charge in [0.15, 0.2) is 0 Å². The second-order valence-corrected chi connectivity index (χ2v) is 4.22. The Bertz CT molecular complexity index is 500. The normalized spacial score (nSPS) is 10.6. The highest BCUT2D eigenvalue weighted by Gasteiger charge is 2.08. The molecule has 2 heterocycles. The van der Waals surface area contributed by atoms with E-state index in [0.29, 0.717) is 16.7 Å². The van der Waals surface area contributed by atoms with Gasteiger partial charge in [-0.2, -0.15) is 0 Å². The Kier molecular flexibility index (Phi) is 3.49. The predicted octanol–water partition coefficient (Wildman–Crippen LogP) is 2.41. The quantitative estimate of drug-likeness (QED) is 0.905. The lowest BCUT2D eigenvalue weighted by atomic mass is 10.2. The lowest BCUT2D eigenvalue weighted by Crippen LogP contribution is -2.12. The smallest absolute Gasteiger partial charge is 0.223 e. The van der Waals surface area contributed by atoms with Crippen molar-refractivity contribution in [3.05, 3.63) is 29.9 Å². The van der Waals surface area contributed by atoms with Crippen molar-refractivity contribution < 1.29 is 0 Å². The number of nitrogens with one attached hydrogen (secondary N) is 1. The Morgan fingerprint density at radius 3 is 2.53 bits per heavy atom. The molecular formula is C11H12ClN5. The zero-order valence-corrected chi connectivity index (χ0v) is 10.3. The fourth-order valence-electron chi connectivity index (χ4n) is 1.32. The van der Waals surface area contributed by atoms with E-state index in [1.165, 1.54) is 6.33 Å². The summed E-state index contributed by atoms with van der Waals surface area (Å²) in [5.41, 5.74) is 1.40. The van der Waals surface area contributed by atoms with Crippen LogP contribution in [-0.4, -0.2) is 26.0 Å². The van der Waals surface area contributed by atoms with Crippen LogP contribution in [0, 0.1) is 0 Å². The van der Waals surface area contributed by atoms with Gasteiger partial charge in [-0.15, -0.1) is 0 Å². The molecule has 0 aliphatic heterocycles. The van der Waals surface area contributed by atoms with Crippen LogP contribution in [0.5, 0.6) is 0 Å². The van der Waals surface area contributed by atoms with Gasteiger partial charge in [0.2, 0.25) is 5.95 Å². The van der Waals surface area contributed by atoms with E-state index in [1.54, 1.807) is 18.6 Å². The van der Waals surface area contributed by atoms with Crippen molar-refractivity contribution in [1.82, 2.24) is 19.9 Å². The Morgan fingerprint density at radius 1 is 1.18 bits per heavy atom. The Morgan fingerprint density at radius 2 is 1.88 bits per heavy atom. The molecule has 0 spiro atoms. The molecule has 1 N–H and O–H groups in total. The van der Waals surface area contributed by atoms with Crippen LogP contribution < -0.4 is 5.32 Å². The molecular weight excluding hydrogens is 238 g/mol. The summed E-state index contributed by atoms with van der Waals surface area (Å²) in [7, 11) is 0. The molecule has 0 radical (unpaired) electrons. The molecule has 0 saturated heterocycles. The van der Waals surface area contributed by atoms with Gasteiger partial charge in [0, 0.05) is 24.0 Å². The average molecular weight is 250 g/mol. The molecule has 0 bridgehead atoms. The molecule has 0 atom stereocenters. The van der Waals surface area contributed by atoms with Crippen LogP contribution in [0.2, 0.25) is 5.02 Å². The molecule has 0 aromatic carbocycles. The van der Waals surface area contributed by atoms with E-state index in [1.807, 2.05) is 13.8 Å². The molecule has 2 rings (SSSR count). The topological polar surface area (TPSA) is 63.6 Å². The predicted molar refractivity (Wildman–Crippen MR) is 66.8 cm³/mol. The number of halogens is 1. The highest BCUT2D eigenvalue weighted by Crippen LogP contribution is 2.24. The minimum atomic E-state index is 0.260. The summed E-state index contributed by atoms with van der Waals surface area (Å²) in [6.45, 7) is 4.03. The molecule has 0 unspecified atom stereocenters. The highest BCUT2D eigenvalue weighted by atomic mass is 35.5. The number of anilines is 1. The molecule has 0 saturated carbocycles.